The Hall–Kier alpha value is -2.90. The molecule has 0 fully saturated rings. The number of hydrogen-bond donors (Lipinski definition) is 2. The molecule has 3 aromatic rings. The number of hydrogen-bond acceptors (Lipinski definition) is 6. The van der Waals surface area contributed by atoms with E-state index in [1.807, 2.05) is 47.8 Å². The molecule has 1 heterocycles. The minimum atomic E-state index is 0.312. The molecule has 0 saturated heterocycles. The van der Waals surface area contributed by atoms with E-state index in [0.29, 0.717) is 11.7 Å². The quantitative estimate of drug-likeness (QED) is 0.173. The Morgan fingerprint density at radius 1 is 0.676 bits per heavy atom. The van der Waals surface area contributed by atoms with Crippen LogP contribution in [-0.4, -0.2) is 37.4 Å². The molecule has 0 amide bonds. The Bertz CT molecular complexity index is 1220. The van der Waals surface area contributed by atoms with E-state index in [0.717, 1.165) is 72.7 Å². The summed E-state index contributed by atoms with van der Waals surface area (Å²) in [6, 6.07) is 20.8. The van der Waals surface area contributed by atoms with Crippen molar-refractivity contribution in [2.24, 2.45) is 10.7 Å². The lowest BCUT2D eigenvalue weighted by Crippen LogP contribution is -2.14. The minimum Gasteiger partial charge on any atom is -0.497 e. The third kappa shape index (κ3) is 7.33. The van der Waals surface area contributed by atoms with Crippen LogP contribution in [0.3, 0.4) is 0 Å². The summed E-state index contributed by atoms with van der Waals surface area (Å²) in [5.74, 6) is 4.72. The first-order chi connectivity index (χ1) is 18.1. The molecule has 0 atom stereocenters. The average molecular weight is 534 g/mol. The van der Waals surface area contributed by atoms with E-state index in [-0.39, 0.29) is 0 Å². The number of rotatable bonds is 14. The lowest BCUT2D eigenvalue weighted by atomic mass is 9.91. The van der Waals surface area contributed by atoms with Gasteiger partial charge in [-0.25, -0.2) is 4.99 Å². The van der Waals surface area contributed by atoms with E-state index in [4.69, 9.17) is 20.6 Å². The number of aryl methyl sites for hydroxylation is 2. The third-order valence-electron chi connectivity index (χ3n) is 6.44. The lowest BCUT2D eigenvalue weighted by Gasteiger charge is -2.13. The zero-order chi connectivity index (χ0) is 26.0. The summed E-state index contributed by atoms with van der Waals surface area (Å²) in [5, 5.41) is 8.43. The maximum atomic E-state index is 8.43. The second kappa shape index (κ2) is 13.6. The van der Waals surface area contributed by atoms with Gasteiger partial charge in [0.25, 0.3) is 0 Å². The van der Waals surface area contributed by atoms with E-state index >= 15 is 0 Å². The van der Waals surface area contributed by atoms with Crippen LogP contribution in [0.5, 0.6) is 11.5 Å². The number of amidine groups is 2. The van der Waals surface area contributed by atoms with Crippen LogP contribution in [0.4, 0.5) is 0 Å². The molecule has 7 heteroatoms. The summed E-state index contributed by atoms with van der Waals surface area (Å²) >= 11 is 3.74. The monoisotopic (exact) mass is 533 g/mol. The molecule has 1 aliphatic rings. The van der Waals surface area contributed by atoms with Crippen LogP contribution < -0.4 is 15.2 Å². The smallest absolute Gasteiger partial charge is 0.155 e. The van der Waals surface area contributed by atoms with Gasteiger partial charge in [0.2, 0.25) is 0 Å². The van der Waals surface area contributed by atoms with Crippen LogP contribution in [0.1, 0.15) is 47.9 Å². The lowest BCUT2D eigenvalue weighted by molar-refractivity contribution is 0.414. The Labute approximate surface area is 228 Å². The summed E-state index contributed by atoms with van der Waals surface area (Å²) in [5.41, 5.74) is 10.6. The summed E-state index contributed by atoms with van der Waals surface area (Å²) in [6.07, 6.45) is 6.28. The van der Waals surface area contributed by atoms with Gasteiger partial charge in [-0.15, -0.1) is 23.5 Å². The number of ether oxygens (including phenoxy) is 2. The second-order valence-corrected chi connectivity index (χ2v) is 11.3. The van der Waals surface area contributed by atoms with Crippen molar-refractivity contribution in [2.75, 3.05) is 25.7 Å². The number of nitrogens with zero attached hydrogens (tertiary/aromatic N) is 1. The molecule has 0 spiro atoms. The molecule has 5 nitrogen and oxygen atoms in total. The fraction of sp³-hybridized carbons (Fsp3) is 0.333. The predicted octanol–water partition coefficient (Wildman–Crippen LogP) is 6.98. The summed E-state index contributed by atoms with van der Waals surface area (Å²) in [4.78, 5) is 6.85. The average Bonchev–Trinajstić information content (AvgIpc) is 3.23. The van der Waals surface area contributed by atoms with Gasteiger partial charge in [-0.2, -0.15) is 0 Å². The van der Waals surface area contributed by atoms with Gasteiger partial charge < -0.3 is 15.2 Å². The van der Waals surface area contributed by atoms with Gasteiger partial charge >= 0.3 is 0 Å². The standard InChI is InChI=1S/C30H35N3O2S2/c1-34-23-11-15-25(16-12-23)36-19-5-3-7-21-9-10-22(28-27(21)29(31)33-30(28)32)8-4-6-20-37-26-17-13-24(35-2)14-18-26/h9-18H,3-8,19-20H2,1-2H3,(H3,31,32,33). The molecule has 0 radical (unpaired) electrons. The molecule has 194 valence electrons. The fourth-order valence-electron chi connectivity index (χ4n) is 4.46. The van der Waals surface area contributed by atoms with E-state index in [1.54, 1.807) is 14.2 Å². The number of benzene rings is 3. The molecular weight excluding hydrogens is 498 g/mol. The van der Waals surface area contributed by atoms with Crippen molar-refractivity contribution in [1.82, 2.24) is 0 Å². The number of methoxy groups -OCH3 is 2. The fourth-order valence-corrected chi connectivity index (χ4v) is 6.29. The maximum Gasteiger partial charge on any atom is 0.155 e. The summed E-state index contributed by atoms with van der Waals surface area (Å²) in [6.45, 7) is 0. The van der Waals surface area contributed by atoms with Gasteiger partial charge in [0.05, 0.1) is 14.2 Å². The van der Waals surface area contributed by atoms with Crippen LogP contribution in [0.15, 0.2) is 75.4 Å². The van der Waals surface area contributed by atoms with E-state index in [2.05, 4.69) is 41.4 Å². The SMILES string of the molecule is COc1ccc(SCCCCc2ccc(CCCCSc3ccc(OC)cc3)c3c2C(=N)N=C3N)cc1. The van der Waals surface area contributed by atoms with Gasteiger partial charge in [-0.05, 0) is 110 Å². The number of nitrogens with one attached hydrogen (secondary N) is 1. The van der Waals surface area contributed by atoms with Crippen molar-refractivity contribution in [2.45, 2.75) is 48.3 Å². The molecule has 0 unspecified atom stereocenters. The number of aliphatic imine (C=N–C) groups is 1. The highest BCUT2D eigenvalue weighted by Crippen LogP contribution is 2.29. The van der Waals surface area contributed by atoms with Gasteiger partial charge in [0.15, 0.2) is 5.84 Å². The first kappa shape index (κ1) is 27.1. The molecule has 0 aliphatic carbocycles. The van der Waals surface area contributed by atoms with E-state index < -0.39 is 0 Å². The Morgan fingerprint density at radius 2 is 1.14 bits per heavy atom. The van der Waals surface area contributed by atoms with Crippen LogP contribution in [0.2, 0.25) is 0 Å². The summed E-state index contributed by atoms with van der Waals surface area (Å²) in [7, 11) is 3.38. The highest BCUT2D eigenvalue weighted by molar-refractivity contribution is 7.99. The molecular formula is C30H35N3O2S2. The predicted molar refractivity (Wildman–Crippen MR) is 157 cm³/mol. The van der Waals surface area contributed by atoms with E-state index in [9.17, 15) is 0 Å². The number of thioether (sulfide) groups is 2. The minimum absolute atomic E-state index is 0.312. The molecule has 1 aliphatic heterocycles. The van der Waals surface area contributed by atoms with Crippen molar-refractivity contribution < 1.29 is 9.47 Å². The Morgan fingerprint density at radius 3 is 1.59 bits per heavy atom. The Balaban J connectivity index is 1.26. The molecule has 0 bridgehead atoms. The molecule has 37 heavy (non-hydrogen) atoms. The highest BCUT2D eigenvalue weighted by Gasteiger charge is 2.24. The maximum absolute atomic E-state index is 8.43. The van der Waals surface area contributed by atoms with Crippen molar-refractivity contribution in [3.05, 3.63) is 82.9 Å². The van der Waals surface area contributed by atoms with Gasteiger partial charge in [-0.3, -0.25) is 5.41 Å². The Kier molecular flexibility index (Phi) is 9.97. The number of unbranched alkanes of at least 4 members (excludes halogenated alkanes) is 2. The zero-order valence-electron chi connectivity index (χ0n) is 21.6. The molecule has 3 N–H and O–H groups in total. The van der Waals surface area contributed by atoms with Gasteiger partial charge in [0.1, 0.15) is 17.3 Å². The number of fused-ring (bicyclic) bond motifs is 1. The topological polar surface area (TPSA) is 80.7 Å². The van der Waals surface area contributed by atoms with Gasteiger partial charge in [0, 0.05) is 20.9 Å². The van der Waals surface area contributed by atoms with Crippen molar-refractivity contribution in [3.63, 3.8) is 0 Å². The van der Waals surface area contributed by atoms with Crippen molar-refractivity contribution >= 4 is 35.2 Å². The molecule has 0 saturated carbocycles. The first-order valence-corrected chi connectivity index (χ1v) is 14.7. The van der Waals surface area contributed by atoms with Crippen LogP contribution >= 0.6 is 23.5 Å². The van der Waals surface area contributed by atoms with Crippen molar-refractivity contribution in [1.29, 1.82) is 5.41 Å². The molecule has 4 rings (SSSR count). The van der Waals surface area contributed by atoms with Gasteiger partial charge in [-0.1, -0.05) is 12.1 Å². The second-order valence-electron chi connectivity index (χ2n) is 8.94. The number of nitrogens with two attached hydrogens (primary N) is 1. The first-order valence-electron chi connectivity index (χ1n) is 12.7. The van der Waals surface area contributed by atoms with Crippen molar-refractivity contribution in [3.8, 4) is 11.5 Å². The van der Waals surface area contributed by atoms with Crippen LogP contribution in [0, 0.1) is 5.41 Å². The highest BCUT2D eigenvalue weighted by atomic mass is 32.2. The van der Waals surface area contributed by atoms with Crippen LogP contribution in [-0.2, 0) is 12.8 Å². The third-order valence-corrected chi connectivity index (χ3v) is 8.64. The van der Waals surface area contributed by atoms with E-state index in [1.165, 1.54) is 20.9 Å². The zero-order valence-corrected chi connectivity index (χ0v) is 23.2. The largest absolute Gasteiger partial charge is 0.497 e. The normalized spacial score (nSPS) is 12.4. The molecule has 3 aromatic carbocycles. The summed E-state index contributed by atoms with van der Waals surface area (Å²) < 4.78 is 10.5. The van der Waals surface area contributed by atoms with Crippen LogP contribution in [0.25, 0.3) is 0 Å². The molecule has 0 aromatic heterocycles.